The summed E-state index contributed by atoms with van der Waals surface area (Å²) in [5.74, 6) is -0.118. The molecule has 7 nitrogen and oxygen atoms in total. The largest absolute Gasteiger partial charge is 0.371 e. The van der Waals surface area contributed by atoms with E-state index in [0.29, 0.717) is 30.9 Å². The molecule has 3 rings (SSSR count). The fourth-order valence-corrected chi connectivity index (χ4v) is 3.53. The number of halogens is 1. The van der Waals surface area contributed by atoms with Gasteiger partial charge >= 0.3 is 5.69 Å². The van der Waals surface area contributed by atoms with E-state index >= 15 is 0 Å². The van der Waals surface area contributed by atoms with Gasteiger partial charge in [0.2, 0.25) is 5.91 Å². The topological polar surface area (TPSA) is 85.1 Å². The van der Waals surface area contributed by atoms with Crippen LogP contribution in [0.25, 0.3) is 0 Å². The molecule has 2 aromatic carbocycles. The number of nitrogens with one attached hydrogen (secondary N) is 2. The van der Waals surface area contributed by atoms with Crippen molar-refractivity contribution in [2.45, 2.75) is 46.2 Å². The van der Waals surface area contributed by atoms with Gasteiger partial charge in [0, 0.05) is 37.3 Å². The molecule has 174 valence electrons. The maximum absolute atomic E-state index is 14.1. The normalized spacial score (nSPS) is 10.8. The number of hydrogen-bond acceptors (Lipinski definition) is 4. The van der Waals surface area contributed by atoms with E-state index in [1.54, 1.807) is 22.8 Å². The number of rotatable bonds is 10. The van der Waals surface area contributed by atoms with Crippen molar-refractivity contribution >= 4 is 17.4 Å². The molecule has 0 saturated heterocycles. The van der Waals surface area contributed by atoms with Crippen molar-refractivity contribution in [3.63, 3.8) is 0 Å². The van der Waals surface area contributed by atoms with Crippen LogP contribution in [-0.2, 0) is 24.3 Å². The van der Waals surface area contributed by atoms with E-state index in [4.69, 9.17) is 0 Å². The molecule has 0 spiro atoms. The lowest BCUT2D eigenvalue weighted by Gasteiger charge is -2.17. The van der Waals surface area contributed by atoms with E-state index in [1.165, 1.54) is 19.1 Å². The highest BCUT2D eigenvalue weighted by Crippen LogP contribution is 2.11. The van der Waals surface area contributed by atoms with Gasteiger partial charge in [-0.25, -0.2) is 9.18 Å². The average molecular weight is 453 g/mol. The van der Waals surface area contributed by atoms with Crippen molar-refractivity contribution in [1.29, 1.82) is 0 Å². The van der Waals surface area contributed by atoms with Crippen molar-refractivity contribution in [2.75, 3.05) is 17.2 Å². The molecule has 2 N–H and O–H groups in total. The van der Waals surface area contributed by atoms with Crippen molar-refractivity contribution in [1.82, 2.24) is 9.13 Å². The second kappa shape index (κ2) is 11.3. The smallest absolute Gasteiger partial charge is 0.332 e. The molecule has 1 amide bonds. The number of amides is 1. The summed E-state index contributed by atoms with van der Waals surface area (Å²) >= 11 is 0. The monoisotopic (exact) mass is 452 g/mol. The van der Waals surface area contributed by atoms with E-state index in [2.05, 4.69) is 10.6 Å². The predicted octanol–water partition coefficient (Wildman–Crippen LogP) is 3.61. The molecule has 0 bridgehead atoms. The first kappa shape index (κ1) is 24.0. The summed E-state index contributed by atoms with van der Waals surface area (Å²) in [5, 5.41) is 5.93. The van der Waals surface area contributed by atoms with E-state index in [-0.39, 0.29) is 12.5 Å². The van der Waals surface area contributed by atoms with E-state index in [1.807, 2.05) is 31.2 Å². The minimum Gasteiger partial charge on any atom is -0.371 e. The van der Waals surface area contributed by atoms with Crippen LogP contribution in [0.4, 0.5) is 15.9 Å². The highest BCUT2D eigenvalue weighted by Gasteiger charge is 2.13. The third kappa shape index (κ3) is 6.41. The first-order chi connectivity index (χ1) is 15.9. The van der Waals surface area contributed by atoms with E-state index < -0.39 is 17.1 Å². The zero-order valence-corrected chi connectivity index (χ0v) is 18.9. The summed E-state index contributed by atoms with van der Waals surface area (Å²) in [6.45, 7) is 4.35. The van der Waals surface area contributed by atoms with Gasteiger partial charge in [-0.1, -0.05) is 43.7 Å². The first-order valence-corrected chi connectivity index (χ1v) is 11.1. The van der Waals surface area contributed by atoms with Crippen LogP contribution in [0.15, 0.2) is 64.2 Å². The van der Waals surface area contributed by atoms with Crippen molar-refractivity contribution in [2.24, 2.45) is 0 Å². The van der Waals surface area contributed by atoms with Gasteiger partial charge in [-0.15, -0.1) is 0 Å². The molecule has 0 radical (unpaired) electrons. The zero-order chi connectivity index (χ0) is 23.8. The zero-order valence-electron chi connectivity index (χ0n) is 18.9. The van der Waals surface area contributed by atoms with Gasteiger partial charge in [0.25, 0.3) is 5.56 Å². The molecule has 0 aliphatic heterocycles. The molecule has 0 fully saturated rings. The second-order valence-corrected chi connectivity index (χ2v) is 7.89. The molecule has 0 atom stereocenters. The minimum absolute atomic E-state index is 0.114. The fraction of sp³-hybridized carbons (Fsp3) is 0.320. The highest BCUT2D eigenvalue weighted by atomic mass is 19.1. The van der Waals surface area contributed by atoms with Gasteiger partial charge in [0.15, 0.2) is 0 Å². The fourth-order valence-electron chi connectivity index (χ4n) is 3.53. The lowest BCUT2D eigenvalue weighted by molar-refractivity contribution is -0.114. The van der Waals surface area contributed by atoms with Gasteiger partial charge in [0.05, 0.1) is 6.54 Å². The van der Waals surface area contributed by atoms with Gasteiger partial charge in [-0.2, -0.15) is 0 Å². The van der Waals surface area contributed by atoms with E-state index in [9.17, 15) is 18.8 Å². The van der Waals surface area contributed by atoms with Gasteiger partial charge in [-0.3, -0.25) is 18.7 Å². The Hall–Kier alpha value is -3.68. The average Bonchev–Trinajstić information content (AvgIpc) is 2.78. The van der Waals surface area contributed by atoms with Crippen LogP contribution in [-0.4, -0.2) is 21.6 Å². The van der Waals surface area contributed by atoms with Gasteiger partial charge in [-0.05, 0) is 36.6 Å². The van der Waals surface area contributed by atoms with E-state index in [0.717, 1.165) is 28.7 Å². The van der Waals surface area contributed by atoms with Crippen molar-refractivity contribution in [3.05, 3.63) is 92.4 Å². The molecule has 3 aromatic rings. The maximum Gasteiger partial charge on any atom is 0.332 e. The third-order valence-electron chi connectivity index (χ3n) is 5.29. The minimum atomic E-state index is -0.474. The van der Waals surface area contributed by atoms with Crippen molar-refractivity contribution in [3.8, 4) is 0 Å². The predicted molar refractivity (Wildman–Crippen MR) is 128 cm³/mol. The van der Waals surface area contributed by atoms with Crippen LogP contribution in [0.2, 0.25) is 0 Å². The highest BCUT2D eigenvalue weighted by molar-refractivity contribution is 5.88. The van der Waals surface area contributed by atoms with Crippen LogP contribution in [0.1, 0.15) is 37.8 Å². The van der Waals surface area contributed by atoms with Crippen LogP contribution in [0.3, 0.4) is 0 Å². The molecule has 0 unspecified atom stereocenters. The maximum atomic E-state index is 14.1. The summed E-state index contributed by atoms with van der Waals surface area (Å²) in [4.78, 5) is 37.0. The van der Waals surface area contributed by atoms with Gasteiger partial charge in [0.1, 0.15) is 11.6 Å². The van der Waals surface area contributed by atoms with Crippen molar-refractivity contribution < 1.29 is 9.18 Å². The number of hydrogen-bond donors (Lipinski definition) is 2. The summed E-state index contributed by atoms with van der Waals surface area (Å²) in [6.07, 6.45) is 2.33. The molecular weight excluding hydrogens is 423 g/mol. The Labute approximate surface area is 191 Å². The summed E-state index contributed by atoms with van der Waals surface area (Å²) < 4.78 is 16.7. The standard InChI is InChI=1S/C25H29FN4O3/c1-3-4-15-29-23(27-14-13-19-9-11-21(12-10-19)28-18(2)31)16-24(32)30(25(29)33)17-20-7-5-6-8-22(20)26/h5-12,16,27H,3-4,13-15,17H2,1-2H3,(H,28,31). The Morgan fingerprint density at radius 2 is 1.76 bits per heavy atom. The third-order valence-corrected chi connectivity index (χ3v) is 5.29. The number of benzene rings is 2. The van der Waals surface area contributed by atoms with Crippen LogP contribution >= 0.6 is 0 Å². The Bertz CT molecular complexity index is 1220. The number of nitrogens with zero attached hydrogens (tertiary/aromatic N) is 2. The number of carbonyl (C=O) groups is 1. The summed E-state index contributed by atoms with van der Waals surface area (Å²) in [7, 11) is 0. The number of unbranched alkanes of at least 4 members (excludes halogenated alkanes) is 1. The quantitative estimate of drug-likeness (QED) is 0.492. The molecular formula is C25H29FN4O3. The number of carbonyl (C=O) groups excluding carboxylic acids is 1. The first-order valence-electron chi connectivity index (χ1n) is 11.1. The lowest BCUT2D eigenvalue weighted by atomic mass is 10.1. The number of anilines is 2. The molecule has 1 aromatic heterocycles. The van der Waals surface area contributed by atoms with Gasteiger partial charge < -0.3 is 10.6 Å². The second-order valence-electron chi connectivity index (χ2n) is 7.89. The Kier molecular flexibility index (Phi) is 8.18. The molecule has 0 aliphatic carbocycles. The SMILES string of the molecule is CCCCn1c(NCCc2ccc(NC(C)=O)cc2)cc(=O)n(Cc2ccccc2F)c1=O. The Morgan fingerprint density at radius 1 is 1.03 bits per heavy atom. The van der Waals surface area contributed by atoms with Crippen LogP contribution < -0.4 is 21.9 Å². The summed E-state index contributed by atoms with van der Waals surface area (Å²) in [5.41, 5.74) is 1.14. The number of aromatic nitrogens is 2. The molecule has 0 saturated carbocycles. The van der Waals surface area contributed by atoms with Crippen LogP contribution in [0.5, 0.6) is 0 Å². The summed E-state index contributed by atoms with van der Waals surface area (Å²) in [6, 6.07) is 15.0. The van der Waals surface area contributed by atoms with Crippen LogP contribution in [0, 0.1) is 5.82 Å². The Balaban J connectivity index is 1.78. The molecule has 0 aliphatic rings. The lowest BCUT2D eigenvalue weighted by Crippen LogP contribution is -2.41. The Morgan fingerprint density at radius 3 is 2.42 bits per heavy atom. The molecule has 33 heavy (non-hydrogen) atoms. The molecule has 8 heteroatoms. The molecule has 1 heterocycles.